The van der Waals surface area contributed by atoms with Gasteiger partial charge in [-0.25, -0.2) is 9.78 Å². The Morgan fingerprint density at radius 2 is 2.00 bits per heavy atom. The van der Waals surface area contributed by atoms with Crippen molar-refractivity contribution in [3.05, 3.63) is 18.2 Å². The zero-order valence-corrected chi connectivity index (χ0v) is 13.1. The third-order valence-corrected chi connectivity index (χ3v) is 3.58. The highest BCUT2D eigenvalue weighted by molar-refractivity contribution is 5.68. The number of carbonyl (C=O) groups excluding carboxylic acids is 1. The van der Waals surface area contributed by atoms with Gasteiger partial charge in [-0.15, -0.1) is 0 Å². The van der Waals surface area contributed by atoms with E-state index in [1.54, 1.807) is 6.33 Å². The molecule has 0 aromatic carbocycles. The summed E-state index contributed by atoms with van der Waals surface area (Å²) in [7, 11) is 0. The second-order valence-corrected chi connectivity index (χ2v) is 6.65. The maximum atomic E-state index is 11.7. The average molecular weight is 294 g/mol. The Balaban J connectivity index is 1.65. The molecule has 1 heterocycles. The molecule has 21 heavy (non-hydrogen) atoms. The largest absolute Gasteiger partial charge is 0.444 e. The normalized spacial score (nSPS) is 22.8. The minimum Gasteiger partial charge on any atom is -0.444 e. The van der Waals surface area contributed by atoms with Crippen molar-refractivity contribution in [2.45, 2.75) is 70.7 Å². The van der Waals surface area contributed by atoms with E-state index in [0.717, 1.165) is 37.9 Å². The molecule has 0 unspecified atom stereocenters. The maximum absolute atomic E-state index is 11.7. The fourth-order valence-corrected chi connectivity index (χ4v) is 2.55. The van der Waals surface area contributed by atoms with Crippen LogP contribution in [0.5, 0.6) is 0 Å². The summed E-state index contributed by atoms with van der Waals surface area (Å²) in [6.07, 6.45) is 7.32. The summed E-state index contributed by atoms with van der Waals surface area (Å²) < 4.78 is 5.29. The minimum absolute atomic E-state index is 0.227. The fraction of sp³-hybridized carbons (Fsp3) is 0.733. The van der Waals surface area contributed by atoms with E-state index in [1.165, 1.54) is 0 Å². The van der Waals surface area contributed by atoms with Gasteiger partial charge in [-0.2, -0.15) is 0 Å². The molecule has 0 spiro atoms. The molecule has 0 bridgehead atoms. The number of H-pyrrole nitrogens is 1. The monoisotopic (exact) mass is 294 g/mol. The Hall–Kier alpha value is -1.56. The van der Waals surface area contributed by atoms with Gasteiger partial charge in [-0.05, 0) is 46.5 Å². The number of amides is 1. The van der Waals surface area contributed by atoms with Crippen LogP contribution in [0.3, 0.4) is 0 Å². The van der Waals surface area contributed by atoms with E-state index in [-0.39, 0.29) is 12.1 Å². The van der Waals surface area contributed by atoms with Crippen molar-refractivity contribution in [3.8, 4) is 0 Å². The second-order valence-electron chi connectivity index (χ2n) is 6.65. The molecular weight excluding hydrogens is 268 g/mol. The van der Waals surface area contributed by atoms with E-state index in [2.05, 4.69) is 20.6 Å². The van der Waals surface area contributed by atoms with Crippen molar-refractivity contribution in [2.75, 3.05) is 0 Å². The van der Waals surface area contributed by atoms with Crippen LogP contribution in [0.1, 0.15) is 52.1 Å². The van der Waals surface area contributed by atoms with Crippen molar-refractivity contribution in [2.24, 2.45) is 0 Å². The zero-order chi connectivity index (χ0) is 15.3. The summed E-state index contributed by atoms with van der Waals surface area (Å²) in [5, 5.41) is 6.48. The van der Waals surface area contributed by atoms with Crippen molar-refractivity contribution < 1.29 is 9.53 Å². The number of rotatable bonds is 4. The average Bonchev–Trinajstić information content (AvgIpc) is 2.89. The zero-order valence-electron chi connectivity index (χ0n) is 13.1. The van der Waals surface area contributed by atoms with Crippen LogP contribution in [0, 0.1) is 0 Å². The molecule has 1 aromatic rings. The predicted molar refractivity (Wildman–Crippen MR) is 80.8 cm³/mol. The lowest BCUT2D eigenvalue weighted by Crippen LogP contribution is -2.43. The molecule has 3 N–H and O–H groups in total. The molecule has 2 rings (SSSR count). The van der Waals surface area contributed by atoms with Gasteiger partial charge in [0.15, 0.2) is 0 Å². The molecule has 0 aliphatic heterocycles. The first-order chi connectivity index (χ1) is 9.92. The predicted octanol–water partition coefficient (Wildman–Crippen LogP) is 2.34. The van der Waals surface area contributed by atoms with Crippen LogP contribution in [-0.2, 0) is 11.3 Å². The molecule has 1 saturated carbocycles. The van der Waals surface area contributed by atoms with Crippen LogP contribution in [-0.4, -0.2) is 33.7 Å². The smallest absolute Gasteiger partial charge is 0.407 e. The first kappa shape index (κ1) is 15.8. The molecule has 0 atom stereocenters. The Bertz CT molecular complexity index is 431. The lowest BCUT2D eigenvalue weighted by Gasteiger charge is -2.30. The number of ether oxygens (including phenoxy) is 1. The third-order valence-electron chi connectivity index (χ3n) is 3.58. The highest BCUT2D eigenvalue weighted by Crippen LogP contribution is 2.19. The van der Waals surface area contributed by atoms with Gasteiger partial charge in [0.2, 0.25) is 0 Å². The van der Waals surface area contributed by atoms with E-state index >= 15 is 0 Å². The standard InChI is InChI=1S/C15H26N4O2/c1-15(2,3)21-14(20)19-12-6-4-11(5-7-12)17-9-13-8-16-10-18-13/h8,10-12,17H,4-7,9H2,1-3H3,(H,16,18)(H,19,20). The number of aromatic amines is 1. The third kappa shape index (κ3) is 5.75. The van der Waals surface area contributed by atoms with Crippen molar-refractivity contribution in [3.63, 3.8) is 0 Å². The molecule has 6 heteroatoms. The number of hydrogen-bond donors (Lipinski definition) is 3. The van der Waals surface area contributed by atoms with Crippen LogP contribution in [0.25, 0.3) is 0 Å². The Kier molecular flexibility index (Phi) is 5.22. The van der Waals surface area contributed by atoms with Gasteiger partial charge < -0.3 is 20.4 Å². The summed E-state index contributed by atoms with van der Waals surface area (Å²) in [6, 6.07) is 0.732. The molecule has 1 amide bonds. The van der Waals surface area contributed by atoms with Gasteiger partial charge in [0, 0.05) is 30.5 Å². The Morgan fingerprint density at radius 1 is 1.33 bits per heavy atom. The molecule has 1 aliphatic rings. The van der Waals surface area contributed by atoms with Gasteiger partial charge in [-0.1, -0.05) is 0 Å². The molecule has 6 nitrogen and oxygen atoms in total. The molecule has 1 aliphatic carbocycles. The lowest BCUT2D eigenvalue weighted by molar-refractivity contribution is 0.0489. The Morgan fingerprint density at radius 3 is 2.57 bits per heavy atom. The van der Waals surface area contributed by atoms with Crippen LogP contribution in [0.2, 0.25) is 0 Å². The number of aromatic nitrogens is 2. The summed E-state index contributed by atoms with van der Waals surface area (Å²) in [5.41, 5.74) is 0.663. The number of alkyl carbamates (subject to hydrolysis) is 1. The van der Waals surface area contributed by atoms with Gasteiger partial charge in [0.25, 0.3) is 0 Å². The van der Waals surface area contributed by atoms with E-state index in [0.29, 0.717) is 6.04 Å². The number of carbonyl (C=O) groups is 1. The van der Waals surface area contributed by atoms with Crippen LogP contribution in [0.15, 0.2) is 12.5 Å². The lowest BCUT2D eigenvalue weighted by atomic mass is 9.91. The topological polar surface area (TPSA) is 79.0 Å². The van der Waals surface area contributed by atoms with Crippen LogP contribution < -0.4 is 10.6 Å². The fourth-order valence-electron chi connectivity index (χ4n) is 2.55. The van der Waals surface area contributed by atoms with Gasteiger partial charge in [0.1, 0.15) is 5.60 Å². The molecular formula is C15H26N4O2. The quantitative estimate of drug-likeness (QED) is 0.796. The highest BCUT2D eigenvalue weighted by Gasteiger charge is 2.24. The SMILES string of the molecule is CC(C)(C)OC(=O)NC1CCC(NCc2cnc[nH]2)CC1. The molecule has 1 fully saturated rings. The number of nitrogens with one attached hydrogen (secondary N) is 3. The number of imidazole rings is 1. The first-order valence-electron chi connectivity index (χ1n) is 7.62. The summed E-state index contributed by atoms with van der Waals surface area (Å²) >= 11 is 0. The van der Waals surface area contributed by atoms with Crippen molar-refractivity contribution >= 4 is 6.09 Å². The van der Waals surface area contributed by atoms with E-state index in [4.69, 9.17) is 4.74 Å². The summed E-state index contributed by atoms with van der Waals surface area (Å²) in [5.74, 6) is 0. The van der Waals surface area contributed by atoms with E-state index in [1.807, 2.05) is 27.0 Å². The maximum Gasteiger partial charge on any atom is 0.407 e. The minimum atomic E-state index is -0.438. The molecule has 0 radical (unpaired) electrons. The van der Waals surface area contributed by atoms with Crippen molar-refractivity contribution in [1.29, 1.82) is 0 Å². The summed E-state index contributed by atoms with van der Waals surface area (Å²) in [4.78, 5) is 18.8. The van der Waals surface area contributed by atoms with Crippen LogP contribution >= 0.6 is 0 Å². The summed E-state index contributed by atoms with van der Waals surface area (Å²) in [6.45, 7) is 6.45. The number of hydrogen-bond acceptors (Lipinski definition) is 4. The van der Waals surface area contributed by atoms with E-state index in [9.17, 15) is 4.79 Å². The van der Waals surface area contributed by atoms with Gasteiger partial charge >= 0.3 is 6.09 Å². The molecule has 1 aromatic heterocycles. The van der Waals surface area contributed by atoms with Crippen LogP contribution in [0.4, 0.5) is 4.79 Å². The van der Waals surface area contributed by atoms with Gasteiger partial charge in [0.05, 0.1) is 6.33 Å². The molecule has 118 valence electrons. The Labute approximate surface area is 126 Å². The van der Waals surface area contributed by atoms with E-state index < -0.39 is 5.60 Å². The highest BCUT2D eigenvalue weighted by atomic mass is 16.6. The first-order valence-corrected chi connectivity index (χ1v) is 7.62. The second kappa shape index (κ2) is 6.93. The number of nitrogens with zero attached hydrogens (tertiary/aromatic N) is 1. The van der Waals surface area contributed by atoms with Crippen molar-refractivity contribution in [1.82, 2.24) is 20.6 Å². The molecule has 0 saturated heterocycles. The van der Waals surface area contributed by atoms with Gasteiger partial charge in [-0.3, -0.25) is 0 Å².